The third-order valence-corrected chi connectivity index (χ3v) is 6.99. The molecule has 140 valence electrons. The lowest BCUT2D eigenvalue weighted by molar-refractivity contribution is 0.155. The first-order valence-electron chi connectivity index (χ1n) is 9.63. The summed E-state index contributed by atoms with van der Waals surface area (Å²) in [4.78, 5) is 16.2. The molecule has 0 amide bonds. The van der Waals surface area contributed by atoms with E-state index in [-0.39, 0.29) is 16.7 Å². The zero-order valence-electron chi connectivity index (χ0n) is 16.0. The van der Waals surface area contributed by atoms with Crippen molar-refractivity contribution in [2.24, 2.45) is 21.7 Å². The van der Waals surface area contributed by atoms with Crippen LogP contribution in [0.1, 0.15) is 51.3 Å². The predicted molar refractivity (Wildman–Crippen MR) is 107 cm³/mol. The second-order valence-electron chi connectivity index (χ2n) is 9.05. The van der Waals surface area contributed by atoms with Gasteiger partial charge in [0.05, 0.1) is 0 Å². The summed E-state index contributed by atoms with van der Waals surface area (Å²) in [6, 6.07) is 4.21. The number of nitrogens with zero attached hydrogens (tertiary/aromatic N) is 3. The number of aliphatic imine (C=N–C) groups is 1. The normalized spacial score (nSPS) is 31.6. The largest absolute Gasteiger partial charge is 0.492 e. The SMILES string of the molecule is CC1(C)[C@H]2CC[C@@](C)(C2)[C@H]1Nc1nc(O)c(/C=C2\C=Nc3ncccc32)[nH]1. The zero-order valence-corrected chi connectivity index (χ0v) is 16.0. The van der Waals surface area contributed by atoms with E-state index in [1.165, 1.54) is 19.3 Å². The van der Waals surface area contributed by atoms with Gasteiger partial charge in [-0.25, -0.2) is 9.98 Å². The highest BCUT2D eigenvalue weighted by Gasteiger charge is 2.59. The Balaban J connectivity index is 1.43. The molecule has 2 aromatic heterocycles. The number of aromatic hydroxyl groups is 1. The Morgan fingerprint density at radius 1 is 1.33 bits per heavy atom. The molecule has 6 nitrogen and oxygen atoms in total. The van der Waals surface area contributed by atoms with Crippen LogP contribution >= 0.6 is 0 Å². The molecule has 0 aromatic carbocycles. The molecule has 2 aromatic rings. The van der Waals surface area contributed by atoms with Gasteiger partial charge in [-0.05, 0) is 54.2 Å². The summed E-state index contributed by atoms with van der Waals surface area (Å²) >= 11 is 0. The maximum Gasteiger partial charge on any atom is 0.238 e. The van der Waals surface area contributed by atoms with E-state index < -0.39 is 0 Å². The molecule has 2 aliphatic carbocycles. The number of imidazole rings is 1. The summed E-state index contributed by atoms with van der Waals surface area (Å²) in [5.74, 6) is 2.09. The van der Waals surface area contributed by atoms with E-state index in [2.05, 4.69) is 46.0 Å². The topological polar surface area (TPSA) is 86.2 Å². The maximum atomic E-state index is 10.4. The van der Waals surface area contributed by atoms with Gasteiger partial charge in [0, 0.05) is 29.6 Å². The van der Waals surface area contributed by atoms with Crippen LogP contribution in [0.2, 0.25) is 0 Å². The van der Waals surface area contributed by atoms with Gasteiger partial charge in [-0.2, -0.15) is 4.98 Å². The number of pyridine rings is 1. The zero-order chi connectivity index (χ0) is 18.8. The first-order valence-corrected chi connectivity index (χ1v) is 9.63. The van der Waals surface area contributed by atoms with Crippen molar-refractivity contribution in [3.8, 4) is 5.88 Å². The van der Waals surface area contributed by atoms with Crippen LogP contribution in [-0.2, 0) is 0 Å². The fourth-order valence-electron chi connectivity index (χ4n) is 5.54. The molecule has 0 radical (unpaired) electrons. The molecule has 5 rings (SSSR count). The summed E-state index contributed by atoms with van der Waals surface area (Å²) in [6.45, 7) is 7.08. The average molecular weight is 363 g/mol. The minimum Gasteiger partial charge on any atom is -0.492 e. The highest BCUT2D eigenvalue weighted by Crippen LogP contribution is 2.63. The third kappa shape index (κ3) is 2.42. The van der Waals surface area contributed by atoms with Crippen molar-refractivity contribution in [1.82, 2.24) is 15.0 Å². The Kier molecular flexibility index (Phi) is 3.33. The molecule has 3 N–H and O–H groups in total. The van der Waals surface area contributed by atoms with Crippen LogP contribution < -0.4 is 5.32 Å². The summed E-state index contributed by atoms with van der Waals surface area (Å²) in [6.07, 6.45) is 9.20. The highest BCUT2D eigenvalue weighted by atomic mass is 16.3. The van der Waals surface area contributed by atoms with Crippen LogP contribution in [0.4, 0.5) is 11.8 Å². The highest BCUT2D eigenvalue weighted by molar-refractivity contribution is 6.20. The van der Waals surface area contributed by atoms with E-state index in [0.29, 0.717) is 23.5 Å². The summed E-state index contributed by atoms with van der Waals surface area (Å²) in [5.41, 5.74) is 2.97. The molecule has 2 bridgehead atoms. The molecule has 1 aliphatic heterocycles. The number of H-pyrrole nitrogens is 1. The van der Waals surface area contributed by atoms with Crippen molar-refractivity contribution in [3.63, 3.8) is 0 Å². The van der Waals surface area contributed by atoms with Crippen molar-refractivity contribution in [2.75, 3.05) is 5.32 Å². The number of fused-ring (bicyclic) bond motifs is 3. The molecule has 3 heterocycles. The number of allylic oxidation sites excluding steroid dienone is 1. The van der Waals surface area contributed by atoms with Gasteiger partial charge in [-0.15, -0.1) is 0 Å². The molecular weight excluding hydrogens is 338 g/mol. The van der Waals surface area contributed by atoms with Crippen LogP contribution in [0.5, 0.6) is 5.88 Å². The first-order chi connectivity index (χ1) is 12.9. The number of rotatable bonds is 3. The molecule has 6 heteroatoms. The lowest BCUT2D eigenvalue weighted by atomic mass is 9.68. The van der Waals surface area contributed by atoms with Gasteiger partial charge in [0.25, 0.3) is 0 Å². The molecule has 2 fully saturated rings. The molecule has 0 spiro atoms. The fourth-order valence-corrected chi connectivity index (χ4v) is 5.54. The van der Waals surface area contributed by atoms with E-state index in [0.717, 1.165) is 17.1 Å². The third-order valence-electron chi connectivity index (χ3n) is 6.99. The number of hydrogen-bond donors (Lipinski definition) is 3. The van der Waals surface area contributed by atoms with E-state index in [1.54, 1.807) is 12.4 Å². The summed E-state index contributed by atoms with van der Waals surface area (Å²) in [7, 11) is 0. The Hall–Kier alpha value is -2.63. The van der Waals surface area contributed by atoms with Crippen LogP contribution in [0.25, 0.3) is 11.6 Å². The summed E-state index contributed by atoms with van der Waals surface area (Å²) < 4.78 is 0. The summed E-state index contributed by atoms with van der Waals surface area (Å²) in [5, 5.41) is 14.0. The van der Waals surface area contributed by atoms with E-state index in [1.807, 2.05) is 18.2 Å². The number of anilines is 1. The monoisotopic (exact) mass is 363 g/mol. The van der Waals surface area contributed by atoms with Gasteiger partial charge < -0.3 is 15.4 Å². The Labute approximate surface area is 158 Å². The van der Waals surface area contributed by atoms with Crippen molar-refractivity contribution in [3.05, 3.63) is 29.6 Å². The first kappa shape index (κ1) is 16.5. The molecule has 3 atom stereocenters. The van der Waals surface area contributed by atoms with Crippen LogP contribution in [0.15, 0.2) is 23.3 Å². The number of aromatic amines is 1. The molecule has 2 saturated carbocycles. The standard InChI is InChI=1S/C21H25N5O/c1-20(2)13-6-7-21(3,10-13)18(20)26-19-24-15(17(27)25-19)9-12-11-23-16-14(12)5-4-8-22-16/h4-5,8-9,11,13,18,27H,6-7,10H2,1-3H3,(H2,24,25,26)/b12-9+/t13-,18-,21-/m0/s1. The smallest absolute Gasteiger partial charge is 0.238 e. The van der Waals surface area contributed by atoms with Gasteiger partial charge in [0.1, 0.15) is 5.69 Å². The number of aromatic nitrogens is 3. The molecule has 0 saturated heterocycles. The average Bonchev–Trinajstić information content (AvgIpc) is 3.35. The Morgan fingerprint density at radius 2 is 2.19 bits per heavy atom. The van der Waals surface area contributed by atoms with Gasteiger partial charge >= 0.3 is 0 Å². The van der Waals surface area contributed by atoms with E-state index in [4.69, 9.17) is 0 Å². The predicted octanol–water partition coefficient (Wildman–Crippen LogP) is 4.39. The van der Waals surface area contributed by atoms with Gasteiger partial charge in [0.15, 0.2) is 5.82 Å². The minimum atomic E-state index is 0.00172. The molecular formula is C21H25N5O. The lowest BCUT2D eigenvalue weighted by Crippen LogP contribution is -2.46. The van der Waals surface area contributed by atoms with Gasteiger partial charge in [0.2, 0.25) is 11.8 Å². The Bertz CT molecular complexity index is 968. The van der Waals surface area contributed by atoms with Crippen molar-refractivity contribution in [2.45, 2.75) is 46.1 Å². The van der Waals surface area contributed by atoms with Crippen molar-refractivity contribution < 1.29 is 5.11 Å². The van der Waals surface area contributed by atoms with E-state index in [9.17, 15) is 5.11 Å². The van der Waals surface area contributed by atoms with Gasteiger partial charge in [-0.1, -0.05) is 20.8 Å². The van der Waals surface area contributed by atoms with Crippen molar-refractivity contribution >= 4 is 29.6 Å². The van der Waals surface area contributed by atoms with Gasteiger partial charge in [-0.3, -0.25) is 0 Å². The maximum absolute atomic E-state index is 10.4. The minimum absolute atomic E-state index is 0.00172. The van der Waals surface area contributed by atoms with E-state index >= 15 is 0 Å². The van der Waals surface area contributed by atoms with Crippen LogP contribution in [0, 0.1) is 16.7 Å². The fraction of sp³-hybridized carbons (Fsp3) is 0.476. The van der Waals surface area contributed by atoms with Crippen LogP contribution in [0.3, 0.4) is 0 Å². The Morgan fingerprint density at radius 3 is 2.96 bits per heavy atom. The second-order valence-corrected chi connectivity index (χ2v) is 9.05. The quantitative estimate of drug-likeness (QED) is 0.755. The second kappa shape index (κ2) is 5.44. The lowest BCUT2D eigenvalue weighted by Gasteiger charge is -2.43. The molecule has 27 heavy (non-hydrogen) atoms. The molecule has 0 unspecified atom stereocenters. The molecule has 3 aliphatic rings. The number of nitrogens with one attached hydrogen (secondary N) is 2. The van der Waals surface area contributed by atoms with Crippen molar-refractivity contribution in [1.29, 1.82) is 0 Å². The number of hydrogen-bond acceptors (Lipinski definition) is 5. The van der Waals surface area contributed by atoms with Crippen LogP contribution in [-0.4, -0.2) is 32.3 Å².